The maximum atomic E-state index is 13.4. The first kappa shape index (κ1) is 18.8. The van der Waals surface area contributed by atoms with Gasteiger partial charge in [0.1, 0.15) is 0 Å². The Morgan fingerprint density at radius 1 is 1.19 bits per heavy atom. The van der Waals surface area contributed by atoms with Gasteiger partial charge in [0.15, 0.2) is 11.6 Å². The second-order valence-corrected chi connectivity index (χ2v) is 6.45. The van der Waals surface area contributed by atoms with Gasteiger partial charge in [-0.2, -0.15) is 0 Å². The number of anilines is 1. The van der Waals surface area contributed by atoms with Crippen LogP contribution in [0.1, 0.15) is 18.5 Å². The van der Waals surface area contributed by atoms with Crippen molar-refractivity contribution in [2.75, 3.05) is 12.4 Å². The molecule has 1 aliphatic rings. The summed E-state index contributed by atoms with van der Waals surface area (Å²) in [5.41, 5.74) is 1.31. The van der Waals surface area contributed by atoms with Gasteiger partial charge in [0.25, 0.3) is 5.91 Å². The zero-order valence-corrected chi connectivity index (χ0v) is 15.3. The fourth-order valence-electron chi connectivity index (χ4n) is 2.84. The number of hydrogen-bond donors (Lipinski definition) is 2. The van der Waals surface area contributed by atoms with Gasteiger partial charge in [0.2, 0.25) is 0 Å². The van der Waals surface area contributed by atoms with Gasteiger partial charge in [0, 0.05) is 29.5 Å². The average molecular weight is 392 g/mol. The van der Waals surface area contributed by atoms with Gasteiger partial charge >= 0.3 is 6.03 Å². The summed E-state index contributed by atoms with van der Waals surface area (Å²) in [5, 5.41) is 5.67. The van der Waals surface area contributed by atoms with Crippen LogP contribution in [-0.2, 0) is 4.79 Å². The van der Waals surface area contributed by atoms with Crippen LogP contribution in [0, 0.1) is 11.6 Å². The molecule has 140 valence electrons. The van der Waals surface area contributed by atoms with Gasteiger partial charge in [-0.05, 0) is 30.7 Å². The van der Waals surface area contributed by atoms with Crippen molar-refractivity contribution in [1.82, 2.24) is 10.2 Å². The first-order chi connectivity index (χ1) is 12.8. The van der Waals surface area contributed by atoms with Crippen LogP contribution < -0.4 is 10.6 Å². The molecule has 0 aromatic heterocycles. The van der Waals surface area contributed by atoms with Crippen molar-refractivity contribution in [1.29, 1.82) is 0 Å². The fourth-order valence-corrected chi connectivity index (χ4v) is 3.09. The Morgan fingerprint density at radius 2 is 1.89 bits per heavy atom. The quantitative estimate of drug-likeness (QED) is 0.822. The third-order valence-electron chi connectivity index (χ3n) is 4.39. The first-order valence-corrected chi connectivity index (χ1v) is 8.43. The van der Waals surface area contributed by atoms with Gasteiger partial charge in [-0.1, -0.05) is 29.8 Å². The minimum absolute atomic E-state index is 0.0941. The van der Waals surface area contributed by atoms with E-state index in [4.69, 9.17) is 11.6 Å². The van der Waals surface area contributed by atoms with Crippen molar-refractivity contribution in [3.8, 4) is 0 Å². The molecule has 0 radical (unpaired) electrons. The molecule has 1 heterocycles. The van der Waals surface area contributed by atoms with Crippen molar-refractivity contribution in [2.45, 2.75) is 13.0 Å². The fraction of sp³-hybridized carbons (Fsp3) is 0.158. The van der Waals surface area contributed by atoms with E-state index in [1.165, 1.54) is 18.0 Å². The van der Waals surface area contributed by atoms with Gasteiger partial charge in [0.05, 0.1) is 11.6 Å². The predicted octanol–water partition coefficient (Wildman–Crippen LogP) is 4.23. The molecule has 0 saturated heterocycles. The van der Waals surface area contributed by atoms with Crippen molar-refractivity contribution < 1.29 is 18.4 Å². The molecule has 27 heavy (non-hydrogen) atoms. The number of amides is 3. The van der Waals surface area contributed by atoms with E-state index in [1.54, 1.807) is 31.2 Å². The van der Waals surface area contributed by atoms with E-state index in [0.29, 0.717) is 16.3 Å². The second kappa shape index (κ2) is 7.36. The lowest BCUT2D eigenvalue weighted by atomic mass is 9.94. The molecule has 5 nitrogen and oxygen atoms in total. The lowest BCUT2D eigenvalue weighted by Gasteiger charge is -2.34. The SMILES string of the molecule is CC1=C(C(=O)Nc2ccc(F)c(F)c2)[C@H](c2ccccc2Cl)NC(=O)N1C. The smallest absolute Gasteiger partial charge is 0.322 e. The van der Waals surface area contributed by atoms with Gasteiger partial charge in [-0.3, -0.25) is 4.79 Å². The molecule has 0 bridgehead atoms. The number of rotatable bonds is 3. The minimum atomic E-state index is -1.07. The van der Waals surface area contributed by atoms with E-state index >= 15 is 0 Å². The molecule has 3 rings (SSSR count). The monoisotopic (exact) mass is 391 g/mol. The van der Waals surface area contributed by atoms with E-state index in [1.807, 2.05) is 0 Å². The topological polar surface area (TPSA) is 61.4 Å². The van der Waals surface area contributed by atoms with Crippen LogP contribution in [0.15, 0.2) is 53.7 Å². The van der Waals surface area contributed by atoms with E-state index in [9.17, 15) is 18.4 Å². The molecule has 2 aromatic rings. The lowest BCUT2D eigenvalue weighted by molar-refractivity contribution is -0.113. The summed E-state index contributed by atoms with van der Waals surface area (Å²) in [4.78, 5) is 26.4. The number of urea groups is 1. The highest BCUT2D eigenvalue weighted by atomic mass is 35.5. The van der Waals surface area contributed by atoms with Crippen molar-refractivity contribution in [2.24, 2.45) is 0 Å². The Labute approximate surface area is 159 Å². The molecule has 3 amide bonds. The maximum absolute atomic E-state index is 13.4. The molecule has 8 heteroatoms. The molecule has 0 spiro atoms. The molecule has 2 aromatic carbocycles. The second-order valence-electron chi connectivity index (χ2n) is 6.05. The Morgan fingerprint density at radius 3 is 2.56 bits per heavy atom. The molecule has 1 atom stereocenters. The van der Waals surface area contributed by atoms with Crippen LogP contribution in [0.25, 0.3) is 0 Å². The maximum Gasteiger partial charge on any atom is 0.322 e. The van der Waals surface area contributed by atoms with Crippen LogP contribution in [0.3, 0.4) is 0 Å². The Kier molecular flexibility index (Phi) is 5.14. The van der Waals surface area contributed by atoms with Gasteiger partial charge in [-0.25, -0.2) is 13.6 Å². The molecule has 0 aliphatic carbocycles. The standard InChI is InChI=1S/C19H16ClF2N3O2/c1-10-16(18(26)23-11-7-8-14(21)15(22)9-11)17(24-19(27)25(10)2)12-5-3-4-6-13(12)20/h3-9,17H,1-2H3,(H,23,26)(H,24,27)/t17-/m0/s1. The van der Waals surface area contributed by atoms with E-state index in [2.05, 4.69) is 10.6 Å². The third kappa shape index (κ3) is 3.64. The average Bonchev–Trinajstić information content (AvgIpc) is 2.63. The van der Waals surface area contributed by atoms with Crippen LogP contribution in [-0.4, -0.2) is 23.9 Å². The minimum Gasteiger partial charge on any atom is -0.326 e. The van der Waals surface area contributed by atoms with Crippen molar-refractivity contribution in [3.05, 3.63) is 76.0 Å². The zero-order valence-electron chi connectivity index (χ0n) is 14.5. The summed E-state index contributed by atoms with van der Waals surface area (Å²) in [6, 6.07) is 8.73. The van der Waals surface area contributed by atoms with Crippen LogP contribution in [0.4, 0.5) is 19.3 Å². The summed E-state index contributed by atoms with van der Waals surface area (Å²) in [7, 11) is 1.53. The van der Waals surface area contributed by atoms with E-state index in [0.717, 1.165) is 12.1 Å². The number of hydrogen-bond acceptors (Lipinski definition) is 2. The summed E-state index contributed by atoms with van der Waals surface area (Å²) in [6.07, 6.45) is 0. The largest absolute Gasteiger partial charge is 0.326 e. The van der Waals surface area contributed by atoms with Crippen molar-refractivity contribution in [3.63, 3.8) is 0 Å². The highest BCUT2D eigenvalue weighted by molar-refractivity contribution is 6.31. The number of nitrogens with one attached hydrogen (secondary N) is 2. The molecular weight excluding hydrogens is 376 g/mol. The Bertz CT molecular complexity index is 962. The summed E-state index contributed by atoms with van der Waals surface area (Å²) < 4.78 is 26.5. The first-order valence-electron chi connectivity index (χ1n) is 8.05. The normalized spacial score (nSPS) is 17.0. The molecule has 0 fully saturated rings. The van der Waals surface area contributed by atoms with Gasteiger partial charge < -0.3 is 15.5 Å². The number of carbonyl (C=O) groups is 2. The van der Waals surface area contributed by atoms with Gasteiger partial charge in [-0.15, -0.1) is 0 Å². The highest BCUT2D eigenvalue weighted by Gasteiger charge is 2.35. The molecular formula is C19H16ClF2N3O2. The van der Waals surface area contributed by atoms with E-state index in [-0.39, 0.29) is 17.3 Å². The van der Waals surface area contributed by atoms with Crippen molar-refractivity contribution >= 4 is 29.2 Å². The Balaban J connectivity index is 2.02. The highest BCUT2D eigenvalue weighted by Crippen LogP contribution is 2.34. The number of allylic oxidation sites excluding steroid dienone is 1. The van der Waals surface area contributed by atoms with E-state index < -0.39 is 23.6 Å². The number of halogens is 3. The molecule has 0 unspecified atom stereocenters. The van der Waals surface area contributed by atoms with Crippen LogP contribution >= 0.6 is 11.6 Å². The number of nitrogens with zero attached hydrogens (tertiary/aromatic N) is 1. The summed E-state index contributed by atoms with van der Waals surface area (Å²) in [5.74, 6) is -2.65. The molecule has 2 N–H and O–H groups in total. The van der Waals surface area contributed by atoms with Crippen LogP contribution in [0.2, 0.25) is 5.02 Å². The summed E-state index contributed by atoms with van der Waals surface area (Å²) in [6.45, 7) is 1.63. The molecule has 0 saturated carbocycles. The number of benzene rings is 2. The predicted molar refractivity (Wildman–Crippen MR) is 98.2 cm³/mol. The molecule has 1 aliphatic heterocycles. The van der Waals surface area contributed by atoms with Crippen LogP contribution in [0.5, 0.6) is 0 Å². The lowest BCUT2D eigenvalue weighted by Crippen LogP contribution is -2.46. The Hall–Kier alpha value is -2.93. The summed E-state index contributed by atoms with van der Waals surface area (Å²) >= 11 is 6.25. The number of carbonyl (C=O) groups excluding carboxylic acids is 2. The zero-order chi connectivity index (χ0) is 19.7. The third-order valence-corrected chi connectivity index (χ3v) is 4.74.